The summed E-state index contributed by atoms with van der Waals surface area (Å²) >= 11 is 0. The third-order valence-electron chi connectivity index (χ3n) is 5.28. The molecule has 0 spiro atoms. The van der Waals surface area contributed by atoms with Gasteiger partial charge < -0.3 is 15.7 Å². The van der Waals surface area contributed by atoms with Crippen LogP contribution in [0.5, 0.6) is 0 Å². The van der Waals surface area contributed by atoms with Gasteiger partial charge in [0.2, 0.25) is 5.91 Å². The molecular formula is C20H27N3O3. The number of carbonyl (C=O) groups excluding carboxylic acids is 1. The van der Waals surface area contributed by atoms with Crippen LogP contribution in [0.25, 0.3) is 5.57 Å². The molecule has 1 aromatic rings. The Morgan fingerprint density at radius 1 is 1.31 bits per heavy atom. The van der Waals surface area contributed by atoms with Crippen LogP contribution in [0.2, 0.25) is 0 Å². The topological polar surface area (TPSA) is 91.3 Å². The second-order valence-electron chi connectivity index (χ2n) is 7.51. The van der Waals surface area contributed by atoms with Gasteiger partial charge in [-0.25, -0.2) is 4.79 Å². The largest absolute Gasteiger partial charge is 0.478 e. The summed E-state index contributed by atoms with van der Waals surface area (Å²) in [6.07, 6.45) is 8.42. The van der Waals surface area contributed by atoms with Gasteiger partial charge in [-0.15, -0.1) is 0 Å². The average molecular weight is 357 g/mol. The lowest BCUT2D eigenvalue weighted by molar-refractivity contribution is -0.130. The van der Waals surface area contributed by atoms with E-state index in [1.807, 2.05) is 19.9 Å². The van der Waals surface area contributed by atoms with E-state index in [1.165, 1.54) is 12.8 Å². The zero-order valence-electron chi connectivity index (χ0n) is 15.4. The fourth-order valence-electron chi connectivity index (χ4n) is 3.89. The number of hydrogen-bond acceptors (Lipinski definition) is 4. The summed E-state index contributed by atoms with van der Waals surface area (Å²) in [4.78, 5) is 28.5. The van der Waals surface area contributed by atoms with Gasteiger partial charge in [-0.2, -0.15) is 0 Å². The van der Waals surface area contributed by atoms with Gasteiger partial charge in [-0.1, -0.05) is 32.8 Å². The lowest BCUT2D eigenvalue weighted by atomic mass is 10.00. The van der Waals surface area contributed by atoms with Crippen LogP contribution in [-0.2, 0) is 22.6 Å². The molecule has 1 atom stereocenters. The summed E-state index contributed by atoms with van der Waals surface area (Å²) in [7, 11) is 0. The molecule has 3 rings (SSSR count). The number of nitrogens with one attached hydrogen (secondary N) is 2. The van der Waals surface area contributed by atoms with Gasteiger partial charge in [0.05, 0.1) is 17.3 Å². The Balaban J connectivity index is 1.70. The highest BCUT2D eigenvalue weighted by atomic mass is 16.4. The summed E-state index contributed by atoms with van der Waals surface area (Å²) in [5, 5.41) is 15.9. The number of amides is 1. The lowest BCUT2D eigenvalue weighted by Crippen LogP contribution is -2.49. The minimum absolute atomic E-state index is 0.0339. The molecule has 1 amide bonds. The number of rotatable bonds is 7. The number of hydrogen-bond donors (Lipinski definition) is 3. The van der Waals surface area contributed by atoms with Crippen LogP contribution in [0.1, 0.15) is 56.4 Å². The van der Waals surface area contributed by atoms with Crippen LogP contribution >= 0.6 is 0 Å². The molecule has 3 N–H and O–H groups in total. The summed E-state index contributed by atoms with van der Waals surface area (Å²) in [6, 6.07) is 1.82. The first-order valence-electron chi connectivity index (χ1n) is 9.41. The van der Waals surface area contributed by atoms with Crippen LogP contribution in [0, 0.1) is 5.92 Å². The fraction of sp³-hybridized carbons (Fsp3) is 0.550. The van der Waals surface area contributed by atoms with Crippen molar-refractivity contribution in [2.24, 2.45) is 5.92 Å². The van der Waals surface area contributed by atoms with Crippen molar-refractivity contribution in [1.29, 1.82) is 0 Å². The minimum Gasteiger partial charge on any atom is -0.478 e. The fourth-order valence-corrected chi connectivity index (χ4v) is 3.89. The third kappa shape index (κ3) is 3.96. The number of aromatic nitrogens is 1. The number of allylic oxidation sites excluding steroid dienone is 1. The van der Waals surface area contributed by atoms with Gasteiger partial charge in [0.25, 0.3) is 0 Å². The smallest absolute Gasteiger partial charge is 0.336 e. The molecule has 140 valence electrons. The van der Waals surface area contributed by atoms with Crippen molar-refractivity contribution in [3.05, 3.63) is 35.2 Å². The molecule has 1 saturated carbocycles. The maximum atomic E-state index is 12.7. The van der Waals surface area contributed by atoms with Gasteiger partial charge >= 0.3 is 5.97 Å². The first kappa shape index (κ1) is 18.6. The molecule has 1 heterocycles. The number of pyridine rings is 1. The lowest BCUT2D eigenvalue weighted by Gasteiger charge is -2.24. The molecule has 1 fully saturated rings. The highest BCUT2D eigenvalue weighted by molar-refractivity contribution is 6.17. The van der Waals surface area contributed by atoms with Crippen molar-refractivity contribution < 1.29 is 14.7 Å². The second kappa shape index (κ2) is 7.99. The molecule has 1 aromatic heterocycles. The number of carboxylic acid groups (broad SMARTS) is 1. The summed E-state index contributed by atoms with van der Waals surface area (Å²) in [5.41, 5.74) is 2.67. The summed E-state index contributed by atoms with van der Waals surface area (Å²) < 4.78 is 0. The Labute approximate surface area is 154 Å². The van der Waals surface area contributed by atoms with E-state index >= 15 is 0 Å². The number of fused-ring (bicyclic) bond motifs is 1. The van der Waals surface area contributed by atoms with E-state index < -0.39 is 5.97 Å². The van der Waals surface area contributed by atoms with Crippen LogP contribution < -0.4 is 10.6 Å². The highest BCUT2D eigenvalue weighted by Gasteiger charge is 2.27. The molecule has 0 unspecified atom stereocenters. The van der Waals surface area contributed by atoms with Crippen molar-refractivity contribution in [3.63, 3.8) is 0 Å². The van der Waals surface area contributed by atoms with Crippen LogP contribution in [0.4, 0.5) is 0 Å². The molecule has 6 nitrogen and oxygen atoms in total. The van der Waals surface area contributed by atoms with Crippen LogP contribution in [0.15, 0.2) is 18.3 Å². The number of carboxylic acids is 1. The number of carbonyl (C=O) groups is 2. The molecule has 0 saturated heterocycles. The first-order chi connectivity index (χ1) is 12.5. The summed E-state index contributed by atoms with van der Waals surface area (Å²) in [5.74, 6) is -0.759. The zero-order valence-corrected chi connectivity index (χ0v) is 15.4. The molecular weight excluding hydrogens is 330 g/mol. The van der Waals surface area contributed by atoms with Gasteiger partial charge in [0.15, 0.2) is 0 Å². The Hall–Kier alpha value is -2.21. The number of aliphatic carboxylic acids is 1. The standard InChI is InChI=1S/C20H27N3O3/c1-12(2)18(19(24)23-14-5-3-4-6-14)22-11-13-9-10-21-16-8-7-15(17(13)16)20(25)26/h7,9-10,12,14,18,22H,3-6,8,11H2,1-2H3,(H,23,24)(H,25,26)/t18-/m1/s1. The van der Waals surface area contributed by atoms with Gasteiger partial charge in [0.1, 0.15) is 0 Å². The highest BCUT2D eigenvalue weighted by Crippen LogP contribution is 2.29. The monoisotopic (exact) mass is 357 g/mol. The molecule has 0 aliphatic heterocycles. The second-order valence-corrected chi connectivity index (χ2v) is 7.51. The van der Waals surface area contributed by atoms with E-state index in [1.54, 1.807) is 12.3 Å². The molecule has 2 aliphatic rings. The molecule has 0 aromatic carbocycles. The van der Waals surface area contributed by atoms with E-state index in [4.69, 9.17) is 0 Å². The van der Waals surface area contributed by atoms with Gasteiger partial charge in [-0.05, 0) is 30.4 Å². The third-order valence-corrected chi connectivity index (χ3v) is 5.28. The van der Waals surface area contributed by atoms with Gasteiger partial charge in [-0.3, -0.25) is 9.78 Å². The predicted octanol–water partition coefficient (Wildman–Crippen LogP) is 2.28. The maximum Gasteiger partial charge on any atom is 0.336 e. The molecule has 0 radical (unpaired) electrons. The van der Waals surface area contributed by atoms with E-state index in [2.05, 4.69) is 15.6 Å². The van der Waals surface area contributed by atoms with E-state index in [-0.39, 0.29) is 23.9 Å². The Morgan fingerprint density at radius 3 is 2.69 bits per heavy atom. The Morgan fingerprint density at radius 2 is 2.04 bits per heavy atom. The Bertz CT molecular complexity index is 721. The van der Waals surface area contributed by atoms with Gasteiger partial charge in [0, 0.05) is 30.8 Å². The van der Waals surface area contributed by atoms with Crippen molar-refractivity contribution in [3.8, 4) is 0 Å². The normalized spacial score (nSPS) is 17.9. The van der Waals surface area contributed by atoms with E-state index in [9.17, 15) is 14.7 Å². The molecule has 6 heteroatoms. The van der Waals surface area contributed by atoms with Crippen molar-refractivity contribution in [1.82, 2.24) is 15.6 Å². The predicted molar refractivity (Wildman–Crippen MR) is 99.4 cm³/mol. The average Bonchev–Trinajstić information content (AvgIpc) is 3.24. The molecule has 2 aliphatic carbocycles. The van der Waals surface area contributed by atoms with Crippen molar-refractivity contribution in [2.75, 3.05) is 0 Å². The van der Waals surface area contributed by atoms with E-state index in [0.29, 0.717) is 24.1 Å². The molecule has 0 bridgehead atoms. The number of nitrogens with zero attached hydrogens (tertiary/aromatic N) is 1. The van der Waals surface area contributed by atoms with Crippen molar-refractivity contribution in [2.45, 2.75) is 64.6 Å². The van der Waals surface area contributed by atoms with Crippen molar-refractivity contribution >= 4 is 17.4 Å². The summed E-state index contributed by atoms with van der Waals surface area (Å²) in [6.45, 7) is 4.48. The minimum atomic E-state index is -0.933. The van der Waals surface area contributed by atoms with Crippen LogP contribution in [-0.4, -0.2) is 34.1 Å². The van der Waals surface area contributed by atoms with E-state index in [0.717, 1.165) is 24.1 Å². The maximum absolute atomic E-state index is 12.7. The zero-order chi connectivity index (χ0) is 18.7. The first-order valence-corrected chi connectivity index (χ1v) is 9.41. The quantitative estimate of drug-likeness (QED) is 0.696. The van der Waals surface area contributed by atoms with Crippen LogP contribution in [0.3, 0.4) is 0 Å². The molecule has 26 heavy (non-hydrogen) atoms. The SMILES string of the molecule is CC(C)[C@@H](NCc1ccnc2c1C(C(=O)O)=CC2)C(=O)NC1CCCC1. The Kier molecular flexibility index (Phi) is 5.71.